The van der Waals surface area contributed by atoms with E-state index in [-0.39, 0.29) is 40.8 Å². The minimum Gasteiger partial charge on any atom is -0.358 e. The molecule has 0 saturated heterocycles. The van der Waals surface area contributed by atoms with E-state index in [1.807, 2.05) is 0 Å². The van der Waals surface area contributed by atoms with Crippen LogP contribution in [0, 0.1) is 40.8 Å². The molecule has 0 amide bonds. The molecule has 0 saturated carbocycles. The molecule has 17 heavy (non-hydrogen) atoms. The van der Waals surface area contributed by atoms with E-state index >= 15 is 0 Å². The van der Waals surface area contributed by atoms with Crippen LogP contribution in [-0.2, 0) is 20.8 Å². The van der Waals surface area contributed by atoms with Crippen LogP contribution >= 0.6 is 0 Å². The van der Waals surface area contributed by atoms with Crippen LogP contribution in [-0.4, -0.2) is 25.9 Å². The fraction of sp³-hybridized carbons (Fsp3) is 0. The molecule has 1 aromatic rings. The van der Waals surface area contributed by atoms with Crippen LogP contribution < -0.4 is 8.37 Å². The molecule has 11 heteroatoms. The van der Waals surface area contributed by atoms with Crippen LogP contribution in [0.2, 0.25) is 0 Å². The zero-order valence-electron chi connectivity index (χ0n) is 7.97. The number of hydrogen-bond donors (Lipinski definition) is 2. The number of hydrogen-bond acceptors (Lipinski definition) is 6. The van der Waals surface area contributed by atoms with Crippen LogP contribution in [0.1, 0.15) is 0 Å². The van der Waals surface area contributed by atoms with Crippen molar-refractivity contribution in [3.63, 3.8) is 0 Å². The zero-order chi connectivity index (χ0) is 12.4. The molecule has 1 aromatic carbocycles. The van der Waals surface area contributed by atoms with Gasteiger partial charge in [0.1, 0.15) is 0 Å². The van der Waals surface area contributed by atoms with Crippen molar-refractivity contribution in [3.05, 3.63) is 24.3 Å². The number of rotatable bonds is 4. The van der Waals surface area contributed by atoms with Crippen molar-refractivity contribution in [1.29, 1.82) is 0 Å². The summed E-state index contributed by atoms with van der Waals surface area (Å²) in [5.74, 6) is -1.16. The first-order valence-electron chi connectivity index (χ1n) is 3.60. The van der Waals surface area contributed by atoms with E-state index in [9.17, 15) is 16.8 Å². The SMILES string of the molecule is O=S(=O)(O)Oc1ccccc1OS(=O)(=O)O.[Nd]. The quantitative estimate of drug-likeness (QED) is 0.662. The molecule has 0 radical (unpaired) electrons. The molecule has 0 aliphatic carbocycles. The van der Waals surface area contributed by atoms with Crippen molar-refractivity contribution in [2.45, 2.75) is 0 Å². The smallest absolute Gasteiger partial charge is 0.358 e. The van der Waals surface area contributed by atoms with Crippen molar-refractivity contribution in [1.82, 2.24) is 0 Å². The molecule has 0 aliphatic heterocycles. The average molecular weight is 414 g/mol. The van der Waals surface area contributed by atoms with Gasteiger partial charge in [-0.3, -0.25) is 9.11 Å². The fourth-order valence-electron chi connectivity index (χ4n) is 0.815. The summed E-state index contributed by atoms with van der Waals surface area (Å²) < 4.78 is 66.3. The molecule has 1 rings (SSSR count). The third-order valence-electron chi connectivity index (χ3n) is 1.24. The summed E-state index contributed by atoms with van der Waals surface area (Å²) in [4.78, 5) is 0. The molecule has 0 aliphatic rings. The maximum Gasteiger partial charge on any atom is 0.446 e. The Hall–Kier alpha value is -0.00935. The van der Waals surface area contributed by atoms with Crippen molar-refractivity contribution in [2.75, 3.05) is 0 Å². The molecule has 8 nitrogen and oxygen atoms in total. The number of para-hydroxylation sites is 2. The summed E-state index contributed by atoms with van der Waals surface area (Å²) >= 11 is 0. The summed E-state index contributed by atoms with van der Waals surface area (Å²) in [6.07, 6.45) is 0. The predicted octanol–water partition coefficient (Wildman–Crippen LogP) is 0.0498. The van der Waals surface area contributed by atoms with Crippen LogP contribution in [0.3, 0.4) is 0 Å². The summed E-state index contributed by atoms with van der Waals surface area (Å²) in [6.45, 7) is 0. The molecule has 0 unspecified atom stereocenters. The van der Waals surface area contributed by atoms with Gasteiger partial charge in [-0.2, -0.15) is 16.8 Å². The molecule has 94 valence electrons. The molecule has 0 bridgehead atoms. The molecule has 0 heterocycles. The Kier molecular flexibility index (Phi) is 6.24. The Morgan fingerprint density at radius 3 is 1.35 bits per heavy atom. The van der Waals surface area contributed by atoms with Gasteiger partial charge in [-0.25, -0.2) is 0 Å². The first kappa shape index (κ1) is 17.0. The van der Waals surface area contributed by atoms with E-state index < -0.39 is 32.3 Å². The summed E-state index contributed by atoms with van der Waals surface area (Å²) in [5.41, 5.74) is 0. The van der Waals surface area contributed by atoms with E-state index in [4.69, 9.17) is 9.11 Å². The fourth-order valence-corrected chi connectivity index (χ4v) is 1.54. The molecule has 0 fully saturated rings. The largest absolute Gasteiger partial charge is 0.446 e. The molecular weight excluding hydrogens is 408 g/mol. The van der Waals surface area contributed by atoms with Gasteiger partial charge in [-0.05, 0) is 12.1 Å². The van der Waals surface area contributed by atoms with Gasteiger partial charge < -0.3 is 8.37 Å². The molecular formula is C6H6NdO8S2. The van der Waals surface area contributed by atoms with E-state index in [0.29, 0.717) is 0 Å². The molecule has 0 spiro atoms. The molecule has 2 N–H and O–H groups in total. The van der Waals surface area contributed by atoms with E-state index in [0.717, 1.165) is 12.1 Å². The van der Waals surface area contributed by atoms with Crippen LogP contribution in [0.4, 0.5) is 0 Å². The summed E-state index contributed by atoms with van der Waals surface area (Å²) in [7, 11) is -9.62. The van der Waals surface area contributed by atoms with Crippen molar-refractivity contribution >= 4 is 20.8 Å². The predicted molar refractivity (Wildman–Crippen MR) is 50.8 cm³/mol. The Bertz CT molecular complexity index is 525. The standard InChI is InChI=1S/C6H6O8S2.Nd/c7-15(8,9)13-5-3-1-2-4-6(5)14-16(10,11)12;/h1-4H,(H,7,8,9)(H,10,11,12);. The van der Waals surface area contributed by atoms with E-state index in [2.05, 4.69) is 8.37 Å². The van der Waals surface area contributed by atoms with Crippen molar-refractivity contribution in [2.24, 2.45) is 0 Å². The van der Waals surface area contributed by atoms with E-state index in [1.165, 1.54) is 12.1 Å². The molecule has 0 atom stereocenters. The maximum atomic E-state index is 10.4. The van der Waals surface area contributed by atoms with Gasteiger partial charge in [0, 0.05) is 40.8 Å². The van der Waals surface area contributed by atoms with Gasteiger partial charge in [-0.15, -0.1) is 0 Å². The second kappa shape index (κ2) is 6.24. The Morgan fingerprint density at radius 2 is 1.12 bits per heavy atom. The summed E-state index contributed by atoms with van der Waals surface area (Å²) in [6, 6.07) is 4.65. The average Bonchev–Trinajstić information content (AvgIpc) is 2.03. The van der Waals surface area contributed by atoms with Gasteiger partial charge in [0.25, 0.3) is 0 Å². The van der Waals surface area contributed by atoms with Gasteiger partial charge in [-0.1, -0.05) is 12.1 Å². The zero-order valence-corrected chi connectivity index (χ0v) is 12.8. The van der Waals surface area contributed by atoms with Gasteiger partial charge in [0.2, 0.25) is 0 Å². The summed E-state index contributed by atoms with van der Waals surface area (Å²) in [5, 5.41) is 0. The van der Waals surface area contributed by atoms with Gasteiger partial charge >= 0.3 is 20.8 Å². The second-order valence-electron chi connectivity index (χ2n) is 2.47. The number of benzene rings is 1. The van der Waals surface area contributed by atoms with Crippen LogP contribution in [0.15, 0.2) is 24.3 Å². The van der Waals surface area contributed by atoms with Crippen LogP contribution in [0.5, 0.6) is 11.5 Å². The molecule has 0 aromatic heterocycles. The normalized spacial score (nSPS) is 11.4. The third kappa shape index (κ3) is 7.10. The van der Waals surface area contributed by atoms with Gasteiger partial charge in [0.15, 0.2) is 11.5 Å². The third-order valence-corrected chi connectivity index (χ3v) is 2.02. The Balaban J connectivity index is 0.00000256. The Morgan fingerprint density at radius 1 is 0.824 bits per heavy atom. The minimum absolute atomic E-state index is 0. The maximum absolute atomic E-state index is 10.4. The monoisotopic (exact) mass is 412 g/mol. The van der Waals surface area contributed by atoms with E-state index in [1.54, 1.807) is 0 Å². The minimum atomic E-state index is -4.81. The van der Waals surface area contributed by atoms with Crippen molar-refractivity contribution < 1.29 is 75.1 Å². The topological polar surface area (TPSA) is 127 Å². The second-order valence-corrected chi connectivity index (χ2v) is 4.51. The Labute approximate surface area is 130 Å². The first-order valence-corrected chi connectivity index (χ1v) is 6.33. The van der Waals surface area contributed by atoms with Crippen LogP contribution in [0.25, 0.3) is 0 Å². The first-order chi connectivity index (χ1) is 7.17. The van der Waals surface area contributed by atoms with Gasteiger partial charge in [0.05, 0.1) is 0 Å². The van der Waals surface area contributed by atoms with Crippen molar-refractivity contribution in [3.8, 4) is 11.5 Å².